The van der Waals surface area contributed by atoms with E-state index in [4.69, 9.17) is 14.2 Å². The third-order valence-electron chi connectivity index (χ3n) is 5.60. The number of anilines is 1. The smallest absolute Gasteiger partial charge is 0.367 e. The van der Waals surface area contributed by atoms with Gasteiger partial charge >= 0.3 is 5.97 Å². The van der Waals surface area contributed by atoms with Crippen molar-refractivity contribution in [3.63, 3.8) is 0 Å². The first-order chi connectivity index (χ1) is 16.8. The number of rotatable bonds is 8. The van der Waals surface area contributed by atoms with Gasteiger partial charge in [0.15, 0.2) is 11.5 Å². The average molecular weight is 491 g/mol. The number of carbonyl (C=O) groups is 2. The Balaban J connectivity index is 1.38. The average Bonchev–Trinajstić information content (AvgIpc) is 3.31. The van der Waals surface area contributed by atoms with Crippen LogP contribution in [0.25, 0.3) is 10.2 Å². The van der Waals surface area contributed by atoms with Crippen molar-refractivity contribution in [3.05, 3.63) is 82.9 Å². The second kappa shape index (κ2) is 10.1. The number of nitrogens with zero attached hydrogens (tertiary/aromatic N) is 1. The van der Waals surface area contributed by atoms with Crippen LogP contribution < -0.4 is 14.8 Å². The zero-order valence-corrected chi connectivity index (χ0v) is 20.8. The Morgan fingerprint density at radius 3 is 2.34 bits per heavy atom. The van der Waals surface area contributed by atoms with E-state index >= 15 is 0 Å². The van der Waals surface area contributed by atoms with Gasteiger partial charge in [0, 0.05) is 16.7 Å². The summed E-state index contributed by atoms with van der Waals surface area (Å²) in [5.74, 6) is 0.345. The first-order valence-corrected chi connectivity index (χ1v) is 11.8. The number of hydrogen-bond acceptors (Lipinski definition) is 7. The van der Waals surface area contributed by atoms with E-state index in [1.165, 1.54) is 18.4 Å². The summed E-state index contributed by atoms with van der Waals surface area (Å²) in [6.07, 6.45) is 0. The van der Waals surface area contributed by atoms with E-state index < -0.39 is 11.4 Å². The minimum atomic E-state index is -0.432. The minimum absolute atomic E-state index is 0.194. The molecule has 1 aromatic heterocycles. The molecule has 7 nitrogen and oxygen atoms in total. The first kappa shape index (κ1) is 24.2. The van der Waals surface area contributed by atoms with Crippen LogP contribution in [0.15, 0.2) is 66.7 Å². The summed E-state index contributed by atoms with van der Waals surface area (Å²) in [5.41, 5.74) is 2.43. The molecule has 4 aromatic rings. The van der Waals surface area contributed by atoms with Gasteiger partial charge < -0.3 is 19.5 Å². The molecule has 35 heavy (non-hydrogen) atoms. The van der Waals surface area contributed by atoms with Gasteiger partial charge in [-0.2, -0.15) is 0 Å². The molecule has 0 radical (unpaired) electrons. The van der Waals surface area contributed by atoms with E-state index in [1.807, 2.05) is 62.4 Å². The Labute approximate surface area is 207 Å². The van der Waals surface area contributed by atoms with E-state index in [0.717, 1.165) is 15.8 Å². The molecule has 1 amide bonds. The standard InChI is InChI=1S/C27H26N2O5S/c1-27(2,16-34-26(31)25-29-20-7-5-6-8-23(20)35-25)18-10-12-19(13-11-18)28-24(30)17-9-14-21(32-3)22(15-17)33-4/h5-15H,16H2,1-4H3,(H,28,30). The van der Waals surface area contributed by atoms with Gasteiger partial charge in [-0.05, 0) is 48.0 Å². The van der Waals surface area contributed by atoms with Gasteiger partial charge in [0.1, 0.15) is 6.61 Å². The molecule has 0 saturated heterocycles. The number of thiazole rings is 1. The second-order valence-corrected chi connectivity index (χ2v) is 9.58. The van der Waals surface area contributed by atoms with Crippen LogP contribution >= 0.6 is 11.3 Å². The van der Waals surface area contributed by atoms with Gasteiger partial charge in [-0.15, -0.1) is 11.3 Å². The molecule has 0 bridgehead atoms. The van der Waals surface area contributed by atoms with Gasteiger partial charge in [0.25, 0.3) is 5.91 Å². The Kier molecular flexibility index (Phi) is 7.02. The number of fused-ring (bicyclic) bond motifs is 1. The van der Waals surface area contributed by atoms with Gasteiger partial charge in [-0.1, -0.05) is 38.1 Å². The van der Waals surface area contributed by atoms with Crippen molar-refractivity contribution in [3.8, 4) is 11.5 Å². The van der Waals surface area contributed by atoms with Crippen molar-refractivity contribution >= 4 is 39.1 Å². The normalized spacial score (nSPS) is 11.2. The molecule has 0 spiro atoms. The highest BCUT2D eigenvalue weighted by Gasteiger charge is 2.24. The number of nitrogens with one attached hydrogen (secondary N) is 1. The molecule has 3 aromatic carbocycles. The van der Waals surface area contributed by atoms with E-state index in [-0.39, 0.29) is 12.5 Å². The summed E-state index contributed by atoms with van der Waals surface area (Å²) in [6, 6.07) is 20.1. The molecular formula is C27H26N2O5S. The van der Waals surface area contributed by atoms with E-state index in [0.29, 0.717) is 27.8 Å². The Morgan fingerprint density at radius 2 is 1.66 bits per heavy atom. The molecular weight excluding hydrogens is 464 g/mol. The first-order valence-electron chi connectivity index (χ1n) is 11.0. The van der Waals surface area contributed by atoms with Crippen molar-refractivity contribution in [2.75, 3.05) is 26.1 Å². The summed E-state index contributed by atoms with van der Waals surface area (Å²) in [4.78, 5) is 29.6. The third-order valence-corrected chi connectivity index (χ3v) is 6.62. The fourth-order valence-corrected chi connectivity index (χ4v) is 4.40. The number of carbonyl (C=O) groups excluding carboxylic acids is 2. The summed E-state index contributed by atoms with van der Waals surface area (Å²) in [7, 11) is 3.07. The number of para-hydroxylation sites is 1. The monoisotopic (exact) mass is 490 g/mol. The summed E-state index contributed by atoms with van der Waals surface area (Å²) in [5, 5.41) is 3.23. The molecule has 180 valence electrons. The maximum absolute atomic E-state index is 12.7. The number of esters is 1. The van der Waals surface area contributed by atoms with E-state index in [1.54, 1.807) is 25.3 Å². The van der Waals surface area contributed by atoms with Gasteiger partial charge in [-0.3, -0.25) is 4.79 Å². The molecule has 8 heteroatoms. The Hall–Kier alpha value is -3.91. The molecule has 0 saturated carbocycles. The molecule has 0 aliphatic heterocycles. The molecule has 0 fully saturated rings. The maximum atomic E-state index is 12.7. The van der Waals surface area contributed by atoms with Crippen LogP contribution in [0.1, 0.15) is 39.6 Å². The summed E-state index contributed by atoms with van der Waals surface area (Å²) in [6.45, 7) is 4.19. The SMILES string of the molecule is COc1ccc(C(=O)Nc2ccc(C(C)(C)COC(=O)c3nc4ccccc4s3)cc2)cc1OC. The largest absolute Gasteiger partial charge is 0.493 e. The second-order valence-electron chi connectivity index (χ2n) is 8.55. The van der Waals surface area contributed by atoms with Crippen LogP contribution in [0, 0.1) is 0 Å². The number of hydrogen-bond donors (Lipinski definition) is 1. The zero-order valence-electron chi connectivity index (χ0n) is 20.0. The number of benzene rings is 3. The topological polar surface area (TPSA) is 86.8 Å². The van der Waals surface area contributed by atoms with Crippen LogP contribution in [0.4, 0.5) is 5.69 Å². The lowest BCUT2D eigenvalue weighted by Gasteiger charge is -2.24. The van der Waals surface area contributed by atoms with Crippen LogP contribution in [0.5, 0.6) is 11.5 Å². The molecule has 0 atom stereocenters. The quantitative estimate of drug-likeness (QED) is 0.319. The van der Waals surface area contributed by atoms with E-state index in [2.05, 4.69) is 10.3 Å². The lowest BCUT2D eigenvalue weighted by Crippen LogP contribution is -2.26. The highest BCUT2D eigenvalue weighted by atomic mass is 32.1. The lowest BCUT2D eigenvalue weighted by molar-refractivity contribution is 0.0427. The molecule has 0 unspecified atom stereocenters. The van der Waals surface area contributed by atoms with Crippen molar-refractivity contribution < 1.29 is 23.8 Å². The van der Waals surface area contributed by atoms with Crippen LogP contribution in [0.3, 0.4) is 0 Å². The fraction of sp³-hybridized carbons (Fsp3) is 0.222. The number of aromatic nitrogens is 1. The molecule has 4 rings (SSSR count). The molecule has 1 heterocycles. The van der Waals surface area contributed by atoms with Gasteiger partial charge in [0.05, 0.1) is 24.4 Å². The number of methoxy groups -OCH3 is 2. The van der Waals surface area contributed by atoms with Gasteiger partial charge in [0.2, 0.25) is 5.01 Å². The van der Waals surface area contributed by atoms with Crippen molar-refractivity contribution in [2.45, 2.75) is 19.3 Å². The third kappa shape index (κ3) is 5.44. The molecule has 0 aliphatic carbocycles. The van der Waals surface area contributed by atoms with E-state index in [9.17, 15) is 9.59 Å². The lowest BCUT2D eigenvalue weighted by atomic mass is 9.85. The van der Waals surface area contributed by atoms with Crippen LogP contribution in [-0.2, 0) is 10.2 Å². The number of ether oxygens (including phenoxy) is 3. The van der Waals surface area contributed by atoms with Crippen LogP contribution in [-0.4, -0.2) is 37.7 Å². The maximum Gasteiger partial charge on any atom is 0.367 e. The fourth-order valence-electron chi connectivity index (χ4n) is 3.54. The summed E-state index contributed by atoms with van der Waals surface area (Å²) >= 11 is 1.32. The Bertz CT molecular complexity index is 1330. The summed E-state index contributed by atoms with van der Waals surface area (Å²) < 4.78 is 17.0. The van der Waals surface area contributed by atoms with Crippen molar-refractivity contribution in [1.29, 1.82) is 0 Å². The predicted octanol–water partition coefficient (Wildman–Crippen LogP) is 5.70. The number of amides is 1. The highest BCUT2D eigenvalue weighted by Crippen LogP contribution is 2.29. The molecule has 0 aliphatic rings. The predicted molar refractivity (Wildman–Crippen MR) is 137 cm³/mol. The highest BCUT2D eigenvalue weighted by molar-refractivity contribution is 7.20. The Morgan fingerprint density at radius 1 is 0.943 bits per heavy atom. The van der Waals surface area contributed by atoms with Gasteiger partial charge in [-0.25, -0.2) is 9.78 Å². The van der Waals surface area contributed by atoms with Crippen LogP contribution in [0.2, 0.25) is 0 Å². The van der Waals surface area contributed by atoms with Crippen molar-refractivity contribution in [2.24, 2.45) is 0 Å². The van der Waals surface area contributed by atoms with Crippen molar-refractivity contribution in [1.82, 2.24) is 4.98 Å². The minimum Gasteiger partial charge on any atom is -0.493 e. The molecule has 1 N–H and O–H groups in total. The zero-order chi connectivity index (χ0) is 25.0.